The van der Waals surface area contributed by atoms with Gasteiger partial charge in [-0.25, -0.2) is 0 Å². The molecule has 0 aliphatic rings. The van der Waals surface area contributed by atoms with Crippen LogP contribution in [0, 0.1) is 0 Å². The van der Waals surface area contributed by atoms with Gasteiger partial charge < -0.3 is 0 Å². The van der Waals surface area contributed by atoms with Crippen molar-refractivity contribution in [2.45, 2.75) is 180 Å². The van der Waals surface area contributed by atoms with E-state index in [1.165, 1.54) is 141 Å². The number of rotatable bonds is 26. The summed E-state index contributed by atoms with van der Waals surface area (Å²) in [6.45, 7) is 6.98. The van der Waals surface area contributed by atoms with E-state index in [9.17, 15) is 0 Å². The molecule has 0 aliphatic heterocycles. The molecule has 0 aliphatic carbocycles. The summed E-state index contributed by atoms with van der Waals surface area (Å²) in [5, 5.41) is 1.79. The molecule has 0 spiro atoms. The van der Waals surface area contributed by atoms with E-state index in [1.54, 1.807) is 23.3 Å². The molecule has 204 valence electrons. The Morgan fingerprint density at radius 3 is 0.971 bits per heavy atom. The summed E-state index contributed by atoms with van der Waals surface area (Å²) in [5.74, 6) is 0. The minimum Gasteiger partial charge on any atom is -0.0654 e. The zero-order valence-corrected chi connectivity index (χ0v) is 25.6. The van der Waals surface area contributed by atoms with E-state index in [0.717, 1.165) is 0 Å². The quantitative estimate of drug-likeness (QED) is 0.0876. The van der Waals surface area contributed by atoms with Crippen LogP contribution >= 0.6 is 0 Å². The molecule has 1 aromatic rings. The van der Waals surface area contributed by atoms with Gasteiger partial charge >= 0.3 is 0 Å². The summed E-state index contributed by atoms with van der Waals surface area (Å²) in [6, 6.07) is 16.6. The zero-order chi connectivity index (χ0) is 25.3. The second-order valence-electron chi connectivity index (χ2n) is 11.6. The van der Waals surface area contributed by atoms with Gasteiger partial charge in [-0.05, 0) is 0 Å². The van der Waals surface area contributed by atoms with Crippen LogP contribution in [0.3, 0.4) is 0 Å². The van der Waals surface area contributed by atoms with Crippen molar-refractivity contribution < 1.29 is 0 Å². The van der Waals surface area contributed by atoms with Gasteiger partial charge in [0.05, 0.1) is 8.07 Å². The molecule has 0 heterocycles. The molecule has 0 saturated carbocycles. The molecule has 1 rings (SSSR count). The maximum Gasteiger partial charge on any atom is 0.0867 e. The number of hydrogen-bond acceptors (Lipinski definition) is 0. The average Bonchev–Trinajstić information content (AvgIpc) is 2.89. The van der Waals surface area contributed by atoms with Crippen molar-refractivity contribution in [2.75, 3.05) is 0 Å². The Kier molecular flexibility index (Phi) is 22.1. The van der Waals surface area contributed by atoms with Crippen molar-refractivity contribution in [3.63, 3.8) is 0 Å². The van der Waals surface area contributed by atoms with Crippen LogP contribution in [0.2, 0.25) is 18.1 Å². The van der Waals surface area contributed by atoms with Gasteiger partial charge in [-0.1, -0.05) is 216 Å². The highest BCUT2D eigenvalue weighted by Gasteiger charge is 2.33. The van der Waals surface area contributed by atoms with E-state index in [0.29, 0.717) is 0 Å². The van der Waals surface area contributed by atoms with Crippen molar-refractivity contribution in [2.24, 2.45) is 0 Å². The first-order valence-electron chi connectivity index (χ1n) is 16.3. The molecule has 0 N–H and O–H groups in total. The second-order valence-corrected chi connectivity index (χ2v) is 16.3. The predicted octanol–water partition coefficient (Wildman–Crippen LogP) is 12.0. The van der Waals surface area contributed by atoms with Crippen molar-refractivity contribution in [1.82, 2.24) is 0 Å². The summed E-state index contributed by atoms with van der Waals surface area (Å²) in [4.78, 5) is 0. The Morgan fingerprint density at radius 2 is 0.657 bits per heavy atom. The summed E-state index contributed by atoms with van der Waals surface area (Å²) >= 11 is 0. The molecule has 1 aromatic carbocycles. The van der Waals surface area contributed by atoms with Gasteiger partial charge in [0.1, 0.15) is 0 Å². The van der Waals surface area contributed by atoms with Crippen molar-refractivity contribution in [1.29, 1.82) is 0 Å². The number of hydrogen-bond donors (Lipinski definition) is 0. The smallest absolute Gasteiger partial charge is 0.0654 e. The standard InChI is InChI=1S/C34H64Si/c1-4-7-10-13-16-18-21-27-32-35(34-29-24-23-25-30-34,31-26-20-15-12-9-6-3)33-28-22-19-17-14-11-8-5-2/h23-25,29-30H,4-22,26-28,31-33H2,1-3H3. The SMILES string of the molecule is CCCCCCCCCC[Si](CCCCCCCC)(CCCCCCCCCC)c1ccccc1. The Hall–Kier alpha value is -0.563. The summed E-state index contributed by atoms with van der Waals surface area (Å²) in [6.07, 6.45) is 31.9. The highest BCUT2D eigenvalue weighted by Crippen LogP contribution is 2.30. The molecular formula is C34H64Si. The Labute approximate surface area is 223 Å². The average molecular weight is 501 g/mol. The van der Waals surface area contributed by atoms with E-state index in [4.69, 9.17) is 0 Å². The molecule has 0 fully saturated rings. The Bertz CT molecular complexity index is 517. The molecule has 35 heavy (non-hydrogen) atoms. The van der Waals surface area contributed by atoms with Gasteiger partial charge in [0.2, 0.25) is 0 Å². The Morgan fingerprint density at radius 1 is 0.371 bits per heavy atom. The first-order valence-corrected chi connectivity index (χ1v) is 19.0. The third kappa shape index (κ3) is 16.7. The molecule has 0 radical (unpaired) electrons. The second kappa shape index (κ2) is 23.8. The minimum atomic E-state index is -1.40. The molecule has 0 bridgehead atoms. The first-order chi connectivity index (χ1) is 17.3. The van der Waals surface area contributed by atoms with Gasteiger partial charge in [0.15, 0.2) is 0 Å². The first kappa shape index (κ1) is 32.5. The number of unbranched alkanes of at least 4 members (excludes halogenated alkanes) is 19. The molecule has 0 unspecified atom stereocenters. The van der Waals surface area contributed by atoms with E-state index in [2.05, 4.69) is 51.1 Å². The van der Waals surface area contributed by atoms with Gasteiger partial charge in [0, 0.05) is 0 Å². The van der Waals surface area contributed by atoms with E-state index >= 15 is 0 Å². The lowest BCUT2D eigenvalue weighted by Gasteiger charge is -2.33. The molecule has 0 atom stereocenters. The van der Waals surface area contributed by atoms with Gasteiger partial charge in [-0.3, -0.25) is 0 Å². The summed E-state index contributed by atoms with van der Waals surface area (Å²) < 4.78 is 0. The molecule has 0 aromatic heterocycles. The lowest BCUT2D eigenvalue weighted by Crippen LogP contribution is -2.47. The van der Waals surface area contributed by atoms with E-state index in [-0.39, 0.29) is 0 Å². The molecule has 0 amide bonds. The van der Waals surface area contributed by atoms with E-state index in [1.807, 2.05) is 0 Å². The normalized spacial score (nSPS) is 11.9. The van der Waals surface area contributed by atoms with E-state index < -0.39 is 8.07 Å². The fourth-order valence-electron chi connectivity index (χ4n) is 6.04. The van der Waals surface area contributed by atoms with Crippen LogP contribution in [0.15, 0.2) is 30.3 Å². The topological polar surface area (TPSA) is 0 Å². The molecule has 0 nitrogen and oxygen atoms in total. The lowest BCUT2D eigenvalue weighted by molar-refractivity contribution is 0.578. The highest BCUT2D eigenvalue weighted by atomic mass is 28.3. The minimum absolute atomic E-state index is 1.36. The van der Waals surface area contributed by atoms with Crippen LogP contribution in [0.5, 0.6) is 0 Å². The third-order valence-electron chi connectivity index (χ3n) is 8.41. The van der Waals surface area contributed by atoms with Crippen LogP contribution < -0.4 is 5.19 Å². The summed E-state index contributed by atoms with van der Waals surface area (Å²) in [7, 11) is -1.40. The van der Waals surface area contributed by atoms with Crippen LogP contribution in [0.1, 0.15) is 162 Å². The maximum absolute atomic E-state index is 2.53. The van der Waals surface area contributed by atoms with Crippen molar-refractivity contribution in [3.8, 4) is 0 Å². The van der Waals surface area contributed by atoms with Crippen molar-refractivity contribution >= 4 is 13.3 Å². The van der Waals surface area contributed by atoms with Gasteiger partial charge in [-0.2, -0.15) is 0 Å². The largest absolute Gasteiger partial charge is 0.0867 e. The molecule has 1 heteroatoms. The fraction of sp³-hybridized carbons (Fsp3) is 0.824. The van der Waals surface area contributed by atoms with Crippen LogP contribution in [-0.4, -0.2) is 8.07 Å². The Balaban J connectivity index is 2.64. The van der Waals surface area contributed by atoms with Crippen molar-refractivity contribution in [3.05, 3.63) is 30.3 Å². The van der Waals surface area contributed by atoms with Crippen LogP contribution in [0.4, 0.5) is 0 Å². The zero-order valence-electron chi connectivity index (χ0n) is 24.6. The maximum atomic E-state index is 2.53. The highest BCUT2D eigenvalue weighted by molar-refractivity contribution is 6.91. The number of benzene rings is 1. The van der Waals surface area contributed by atoms with Crippen LogP contribution in [0.25, 0.3) is 0 Å². The van der Waals surface area contributed by atoms with Gasteiger partial charge in [-0.15, -0.1) is 0 Å². The predicted molar refractivity (Wildman–Crippen MR) is 165 cm³/mol. The lowest BCUT2D eigenvalue weighted by atomic mass is 10.1. The van der Waals surface area contributed by atoms with Crippen LogP contribution in [-0.2, 0) is 0 Å². The summed E-state index contributed by atoms with van der Waals surface area (Å²) in [5.41, 5.74) is 0. The molecule has 0 saturated heterocycles. The third-order valence-corrected chi connectivity index (χ3v) is 13.9. The molecular weight excluding hydrogens is 436 g/mol. The van der Waals surface area contributed by atoms with Gasteiger partial charge in [0.25, 0.3) is 0 Å². The monoisotopic (exact) mass is 500 g/mol. The fourth-order valence-corrected chi connectivity index (χ4v) is 11.3.